The number of aromatic nitrogens is 2. The van der Waals surface area contributed by atoms with Gasteiger partial charge >= 0.3 is 5.92 Å². The van der Waals surface area contributed by atoms with Crippen LogP contribution in [-0.4, -0.2) is 39.6 Å². The summed E-state index contributed by atoms with van der Waals surface area (Å²) in [7, 11) is 0. The van der Waals surface area contributed by atoms with Gasteiger partial charge in [0.15, 0.2) is 0 Å². The molecule has 1 aromatic heterocycles. The van der Waals surface area contributed by atoms with Crippen molar-refractivity contribution in [2.45, 2.75) is 44.7 Å². The van der Waals surface area contributed by atoms with Crippen molar-refractivity contribution in [2.24, 2.45) is 5.92 Å². The van der Waals surface area contributed by atoms with Gasteiger partial charge in [0.05, 0.1) is 35.4 Å². The van der Waals surface area contributed by atoms with Crippen molar-refractivity contribution >= 4 is 28.4 Å². The third-order valence-electron chi connectivity index (χ3n) is 7.05. The van der Waals surface area contributed by atoms with Gasteiger partial charge in [-0.3, -0.25) is 9.59 Å². The van der Waals surface area contributed by atoms with Crippen LogP contribution in [-0.2, 0) is 16.0 Å². The molecule has 3 unspecified atom stereocenters. The smallest absolute Gasteiger partial charge is 0.321 e. The minimum Gasteiger partial charge on any atom is -0.345 e. The summed E-state index contributed by atoms with van der Waals surface area (Å²) in [6, 6.07) is 19.4. The summed E-state index contributed by atoms with van der Waals surface area (Å²) in [5.41, 5.74) is 2.91. The number of nitrogens with zero attached hydrogens (tertiary/aromatic N) is 3. The van der Waals surface area contributed by atoms with Crippen molar-refractivity contribution < 1.29 is 22.8 Å². The van der Waals surface area contributed by atoms with Crippen LogP contribution in [0.5, 0.6) is 0 Å². The molecule has 1 saturated heterocycles. The molecule has 0 aliphatic carbocycles. The van der Waals surface area contributed by atoms with Crippen LogP contribution in [0.4, 0.5) is 18.9 Å². The van der Waals surface area contributed by atoms with E-state index < -0.39 is 29.8 Å². The molecule has 4 aromatic rings. The number of rotatable bonds is 7. The molecular formula is C29H27F3N4O2. The van der Waals surface area contributed by atoms with Crippen LogP contribution >= 0.6 is 0 Å². The fourth-order valence-corrected chi connectivity index (χ4v) is 5.20. The molecule has 0 saturated carbocycles. The van der Waals surface area contributed by atoms with Crippen LogP contribution in [0.1, 0.15) is 25.8 Å². The number of halogens is 3. The number of alkyl halides is 2. The topological polar surface area (TPSA) is 67.2 Å². The molecule has 0 bridgehead atoms. The Kier molecular flexibility index (Phi) is 6.69. The number of hydrogen-bond donors (Lipinski definition) is 1. The highest BCUT2D eigenvalue weighted by Crippen LogP contribution is 2.36. The zero-order chi connectivity index (χ0) is 27.0. The van der Waals surface area contributed by atoms with Crippen LogP contribution in [0.3, 0.4) is 0 Å². The molecule has 1 N–H and O–H groups in total. The Balaban J connectivity index is 1.52. The molecule has 196 valence electrons. The molecule has 38 heavy (non-hydrogen) atoms. The summed E-state index contributed by atoms with van der Waals surface area (Å²) in [5, 5.41) is 7.66. The lowest BCUT2D eigenvalue weighted by Crippen LogP contribution is -2.51. The predicted molar refractivity (Wildman–Crippen MR) is 139 cm³/mol. The maximum Gasteiger partial charge on any atom is 0.321 e. The zero-order valence-corrected chi connectivity index (χ0v) is 20.9. The number of amides is 2. The molecule has 1 aliphatic rings. The van der Waals surface area contributed by atoms with Gasteiger partial charge in [-0.05, 0) is 60.9 Å². The summed E-state index contributed by atoms with van der Waals surface area (Å²) in [6.07, 6.45) is 2.41. The van der Waals surface area contributed by atoms with E-state index in [1.807, 2.05) is 49.4 Å². The lowest BCUT2D eigenvalue weighted by molar-refractivity contribution is -0.144. The quantitative estimate of drug-likeness (QED) is 0.360. The number of hydrogen-bond acceptors (Lipinski definition) is 3. The lowest BCUT2D eigenvalue weighted by Gasteiger charge is -2.29. The number of benzene rings is 3. The third-order valence-corrected chi connectivity index (χ3v) is 7.05. The van der Waals surface area contributed by atoms with E-state index in [1.54, 1.807) is 34.0 Å². The molecule has 1 fully saturated rings. The number of nitrogens with one attached hydrogen (secondary N) is 1. The number of carbonyl (C=O) groups excluding carboxylic acids is 2. The molecule has 0 radical (unpaired) electrons. The first-order valence-corrected chi connectivity index (χ1v) is 12.5. The Morgan fingerprint density at radius 1 is 1.03 bits per heavy atom. The zero-order valence-electron chi connectivity index (χ0n) is 20.9. The second kappa shape index (κ2) is 9.96. The first-order chi connectivity index (χ1) is 18.2. The van der Waals surface area contributed by atoms with Gasteiger partial charge in [0.25, 0.3) is 5.91 Å². The Hall–Kier alpha value is -4.14. The van der Waals surface area contributed by atoms with Crippen LogP contribution in [0.2, 0.25) is 0 Å². The van der Waals surface area contributed by atoms with Crippen LogP contribution in [0.25, 0.3) is 16.6 Å². The van der Waals surface area contributed by atoms with Crippen molar-refractivity contribution in [3.8, 4) is 5.69 Å². The molecule has 5 rings (SSSR count). The van der Waals surface area contributed by atoms with E-state index in [0.29, 0.717) is 31.1 Å². The summed E-state index contributed by atoms with van der Waals surface area (Å²) in [5.74, 6) is -6.27. The van der Waals surface area contributed by atoms with E-state index in [-0.39, 0.29) is 11.7 Å². The van der Waals surface area contributed by atoms with E-state index >= 15 is 0 Å². The summed E-state index contributed by atoms with van der Waals surface area (Å²) >= 11 is 0. The van der Waals surface area contributed by atoms with Gasteiger partial charge in [-0.2, -0.15) is 13.9 Å². The van der Waals surface area contributed by atoms with Gasteiger partial charge in [0, 0.05) is 18.0 Å². The first kappa shape index (κ1) is 25.5. The van der Waals surface area contributed by atoms with Crippen LogP contribution in [0.15, 0.2) is 79.0 Å². The molecule has 0 spiro atoms. The first-order valence-electron chi connectivity index (χ1n) is 12.5. The minimum atomic E-state index is -3.57. The standard InChI is InChI=1S/C29H27F3N4O2/c1-3-24-26(34-28(38)29(2,31)32)23(15-18-7-5-4-6-8-18)27(37)35(24)22-13-14-25-19(16-22)17-33-36(25)21-11-9-20(30)10-12-21/h4-14,16-17,23-24,26H,3,15H2,1-2H3,(H,34,38). The fraction of sp³-hybridized carbons (Fsp3) is 0.276. The number of fused-ring (bicyclic) bond motifs is 1. The van der Waals surface area contributed by atoms with Gasteiger partial charge in [0.1, 0.15) is 5.82 Å². The average Bonchev–Trinajstić information content (AvgIpc) is 3.43. The number of carbonyl (C=O) groups is 2. The van der Waals surface area contributed by atoms with E-state index in [2.05, 4.69) is 10.4 Å². The Morgan fingerprint density at radius 2 is 1.71 bits per heavy atom. The van der Waals surface area contributed by atoms with Crippen LogP contribution < -0.4 is 10.2 Å². The molecule has 3 atom stereocenters. The molecule has 1 aliphatic heterocycles. The maximum atomic E-state index is 13.9. The highest BCUT2D eigenvalue weighted by molar-refractivity contribution is 6.01. The van der Waals surface area contributed by atoms with Gasteiger partial charge in [-0.15, -0.1) is 0 Å². The summed E-state index contributed by atoms with van der Waals surface area (Å²) in [4.78, 5) is 27.8. The second-order valence-corrected chi connectivity index (χ2v) is 9.64. The highest BCUT2D eigenvalue weighted by Gasteiger charge is 2.50. The Morgan fingerprint density at radius 3 is 2.37 bits per heavy atom. The predicted octanol–water partition coefficient (Wildman–Crippen LogP) is 5.29. The van der Waals surface area contributed by atoms with E-state index in [9.17, 15) is 22.8 Å². The minimum absolute atomic E-state index is 0.240. The van der Waals surface area contributed by atoms with Gasteiger partial charge < -0.3 is 10.2 Å². The molecule has 3 aromatic carbocycles. The van der Waals surface area contributed by atoms with E-state index in [1.165, 1.54) is 12.1 Å². The average molecular weight is 521 g/mol. The molecule has 9 heteroatoms. The third kappa shape index (κ3) is 4.76. The number of anilines is 1. The summed E-state index contributed by atoms with van der Waals surface area (Å²) < 4.78 is 42.8. The largest absolute Gasteiger partial charge is 0.345 e. The second-order valence-electron chi connectivity index (χ2n) is 9.64. The van der Waals surface area contributed by atoms with Crippen molar-refractivity contribution in [3.05, 3.63) is 90.4 Å². The normalized spacial score (nSPS) is 19.8. The Labute approximate surface area is 218 Å². The molecule has 2 heterocycles. The Bertz CT molecular complexity index is 1460. The van der Waals surface area contributed by atoms with Crippen molar-refractivity contribution in [1.82, 2.24) is 15.1 Å². The van der Waals surface area contributed by atoms with Gasteiger partial charge in [-0.1, -0.05) is 37.3 Å². The molecule has 2 amide bonds. The van der Waals surface area contributed by atoms with Crippen molar-refractivity contribution in [2.75, 3.05) is 4.90 Å². The molecule has 6 nitrogen and oxygen atoms in total. The lowest BCUT2D eigenvalue weighted by atomic mass is 9.90. The maximum absolute atomic E-state index is 13.9. The van der Waals surface area contributed by atoms with Crippen molar-refractivity contribution in [1.29, 1.82) is 0 Å². The SMILES string of the molecule is CCC1C(NC(=O)C(C)(F)F)C(Cc2ccccc2)C(=O)N1c1ccc2c(cnn2-c2ccc(F)cc2)c1. The molecular weight excluding hydrogens is 493 g/mol. The highest BCUT2D eigenvalue weighted by atomic mass is 19.3. The van der Waals surface area contributed by atoms with Crippen LogP contribution in [0, 0.1) is 11.7 Å². The van der Waals surface area contributed by atoms with E-state index in [0.717, 1.165) is 16.5 Å². The monoisotopic (exact) mass is 520 g/mol. The van der Waals surface area contributed by atoms with E-state index in [4.69, 9.17) is 0 Å². The summed E-state index contributed by atoms with van der Waals surface area (Å²) in [6.45, 7) is 2.42. The van der Waals surface area contributed by atoms with Gasteiger partial charge in [0.2, 0.25) is 5.91 Å². The van der Waals surface area contributed by atoms with Crippen molar-refractivity contribution in [3.63, 3.8) is 0 Å². The fourth-order valence-electron chi connectivity index (χ4n) is 5.20. The van der Waals surface area contributed by atoms with Gasteiger partial charge in [-0.25, -0.2) is 9.07 Å².